The molecule has 6 atom stereocenters. The maximum absolute atomic E-state index is 13.5. The molecule has 6 rings (SSSR count). The van der Waals surface area contributed by atoms with Crippen LogP contribution >= 0.6 is 0 Å². The number of nitrogens with one attached hydrogen (secondary N) is 1. The highest BCUT2D eigenvalue weighted by Gasteiger charge is 2.97. The quantitative estimate of drug-likeness (QED) is 0.857. The van der Waals surface area contributed by atoms with Gasteiger partial charge in [0.2, 0.25) is 5.91 Å². The summed E-state index contributed by atoms with van der Waals surface area (Å²) < 4.78 is 0. The van der Waals surface area contributed by atoms with E-state index in [1.807, 2.05) is 0 Å². The molecule has 6 unspecified atom stereocenters. The number of hydrogen-bond donors (Lipinski definition) is 2. The molecule has 0 saturated heterocycles. The van der Waals surface area contributed by atoms with Crippen molar-refractivity contribution in [1.82, 2.24) is 5.32 Å². The number of hydrogen-bond acceptors (Lipinski definition) is 2. The Labute approximate surface area is 162 Å². The number of benzene rings is 1. The second-order valence-corrected chi connectivity index (χ2v) is 10.5. The van der Waals surface area contributed by atoms with Crippen LogP contribution in [0.25, 0.3) is 0 Å². The molecule has 0 heterocycles. The van der Waals surface area contributed by atoms with Crippen molar-refractivity contribution in [2.24, 2.45) is 40.2 Å². The fraction of sp³-hybridized carbons (Fsp3) is 0.708. The monoisotopic (exact) mass is 364 g/mol. The predicted octanol–water partition coefficient (Wildman–Crippen LogP) is 3.62. The van der Waals surface area contributed by atoms with Crippen molar-refractivity contribution >= 4 is 5.91 Å². The Balaban J connectivity index is 1.24. The average Bonchev–Trinajstić information content (AvgIpc) is 2.66. The third-order valence-electron chi connectivity index (χ3n) is 10.0. The number of nitrogens with two attached hydrogens (primary N) is 1. The van der Waals surface area contributed by atoms with Gasteiger partial charge in [0.25, 0.3) is 0 Å². The summed E-state index contributed by atoms with van der Waals surface area (Å²) in [6.07, 6.45) is 8.13. The molecule has 1 aromatic carbocycles. The normalized spacial score (nSPS) is 51.4. The minimum atomic E-state index is -0.0480. The van der Waals surface area contributed by atoms with Crippen LogP contribution < -0.4 is 11.1 Å². The van der Waals surface area contributed by atoms with Gasteiger partial charge in [-0.2, -0.15) is 0 Å². The predicted molar refractivity (Wildman–Crippen MR) is 106 cm³/mol. The topological polar surface area (TPSA) is 55.1 Å². The van der Waals surface area contributed by atoms with Gasteiger partial charge in [0.05, 0.1) is 5.41 Å². The van der Waals surface area contributed by atoms with Gasteiger partial charge in [-0.1, -0.05) is 37.3 Å². The molecule has 3 heteroatoms. The van der Waals surface area contributed by atoms with Crippen molar-refractivity contribution in [3.05, 3.63) is 35.9 Å². The molecule has 0 aromatic heterocycles. The van der Waals surface area contributed by atoms with E-state index in [9.17, 15) is 4.79 Å². The van der Waals surface area contributed by atoms with Gasteiger partial charge in [0.1, 0.15) is 0 Å². The standard InChI is InChI=1S/C24H32N2O/c1-15-19-11-22(17-5-3-2-4-6-17)14-23(12-20(15)24(19,22)23)21(27)26-18-9-7-16(13-25)8-10-18/h2-6,15-16,18-20H,7-14,25H2,1H3,(H,26,27). The van der Waals surface area contributed by atoms with E-state index < -0.39 is 0 Å². The van der Waals surface area contributed by atoms with E-state index in [0.717, 1.165) is 50.0 Å². The zero-order chi connectivity index (χ0) is 18.4. The van der Waals surface area contributed by atoms with Crippen LogP contribution in [0.3, 0.4) is 0 Å². The van der Waals surface area contributed by atoms with Gasteiger partial charge in [0, 0.05) is 16.9 Å². The second kappa shape index (κ2) is 5.17. The van der Waals surface area contributed by atoms with Crippen molar-refractivity contribution < 1.29 is 4.79 Å². The van der Waals surface area contributed by atoms with Gasteiger partial charge < -0.3 is 11.1 Å². The molecule has 5 aliphatic carbocycles. The van der Waals surface area contributed by atoms with Gasteiger partial charge in [0.15, 0.2) is 0 Å². The van der Waals surface area contributed by atoms with Crippen molar-refractivity contribution in [1.29, 1.82) is 0 Å². The summed E-state index contributed by atoms with van der Waals surface area (Å²) in [5.74, 6) is 3.45. The maximum Gasteiger partial charge on any atom is 0.227 e. The van der Waals surface area contributed by atoms with Crippen LogP contribution in [-0.4, -0.2) is 18.5 Å². The largest absolute Gasteiger partial charge is 0.353 e. The summed E-state index contributed by atoms with van der Waals surface area (Å²) in [5.41, 5.74) is 7.90. The molecule has 27 heavy (non-hydrogen) atoms. The molecule has 5 saturated carbocycles. The fourth-order valence-corrected chi connectivity index (χ4v) is 8.95. The van der Waals surface area contributed by atoms with Crippen LogP contribution in [0.5, 0.6) is 0 Å². The zero-order valence-corrected chi connectivity index (χ0v) is 16.4. The van der Waals surface area contributed by atoms with E-state index in [2.05, 4.69) is 42.6 Å². The molecule has 0 bridgehead atoms. The lowest BCUT2D eigenvalue weighted by molar-refractivity contribution is -0.454. The van der Waals surface area contributed by atoms with Crippen LogP contribution in [0.1, 0.15) is 57.4 Å². The Kier molecular flexibility index (Phi) is 3.18. The maximum atomic E-state index is 13.5. The average molecular weight is 365 g/mol. The lowest BCUT2D eigenvalue weighted by Crippen LogP contribution is -2.96. The number of rotatable bonds is 4. The number of carbonyl (C=O) groups is 1. The lowest BCUT2D eigenvalue weighted by Gasteiger charge is -2.96. The molecule has 0 radical (unpaired) electrons. The molecule has 5 aliphatic rings. The van der Waals surface area contributed by atoms with Crippen molar-refractivity contribution in [3.8, 4) is 0 Å². The molecule has 144 valence electrons. The SMILES string of the molecule is CC1C2CC3(C(=O)NC4CCC(CN)CC4)CC4(c5ccccc5)CC1C234. The molecule has 5 fully saturated rings. The van der Waals surface area contributed by atoms with Crippen LogP contribution in [0.2, 0.25) is 0 Å². The van der Waals surface area contributed by atoms with E-state index in [0.29, 0.717) is 28.7 Å². The van der Waals surface area contributed by atoms with Crippen LogP contribution in [0.4, 0.5) is 0 Å². The van der Waals surface area contributed by atoms with Gasteiger partial charge in [-0.15, -0.1) is 0 Å². The summed E-state index contributed by atoms with van der Waals surface area (Å²) in [7, 11) is 0. The van der Waals surface area contributed by atoms with Gasteiger partial charge >= 0.3 is 0 Å². The molecular weight excluding hydrogens is 332 g/mol. The summed E-state index contributed by atoms with van der Waals surface area (Å²) in [4.78, 5) is 13.5. The van der Waals surface area contributed by atoms with E-state index in [1.165, 1.54) is 24.8 Å². The second-order valence-electron chi connectivity index (χ2n) is 10.5. The minimum Gasteiger partial charge on any atom is -0.353 e. The first kappa shape index (κ1) is 16.6. The smallest absolute Gasteiger partial charge is 0.227 e. The summed E-state index contributed by atoms with van der Waals surface area (Å²) >= 11 is 0. The minimum absolute atomic E-state index is 0.0480. The first-order valence-electron chi connectivity index (χ1n) is 11.2. The highest BCUT2D eigenvalue weighted by molar-refractivity contribution is 5.90. The van der Waals surface area contributed by atoms with Gasteiger partial charge in [-0.3, -0.25) is 4.79 Å². The molecule has 0 aliphatic heterocycles. The van der Waals surface area contributed by atoms with Gasteiger partial charge in [-0.25, -0.2) is 0 Å². The Morgan fingerprint density at radius 2 is 1.81 bits per heavy atom. The summed E-state index contributed by atoms with van der Waals surface area (Å²) in [6.45, 7) is 3.23. The Hall–Kier alpha value is -1.35. The summed E-state index contributed by atoms with van der Waals surface area (Å²) in [5, 5.41) is 3.51. The first-order chi connectivity index (χ1) is 13.1. The Morgan fingerprint density at radius 3 is 2.48 bits per heavy atom. The van der Waals surface area contributed by atoms with E-state index in [1.54, 1.807) is 0 Å². The van der Waals surface area contributed by atoms with E-state index in [-0.39, 0.29) is 5.41 Å². The zero-order valence-electron chi connectivity index (χ0n) is 16.4. The van der Waals surface area contributed by atoms with E-state index in [4.69, 9.17) is 5.73 Å². The molecule has 1 aromatic rings. The first-order valence-corrected chi connectivity index (χ1v) is 11.2. The molecule has 1 amide bonds. The van der Waals surface area contributed by atoms with Crippen LogP contribution in [0, 0.1) is 34.5 Å². The third-order valence-corrected chi connectivity index (χ3v) is 10.0. The third kappa shape index (κ3) is 1.61. The van der Waals surface area contributed by atoms with Crippen LogP contribution in [0.15, 0.2) is 30.3 Å². The van der Waals surface area contributed by atoms with E-state index >= 15 is 0 Å². The molecular formula is C24H32N2O. The van der Waals surface area contributed by atoms with Crippen LogP contribution in [-0.2, 0) is 10.2 Å². The van der Waals surface area contributed by atoms with Crippen molar-refractivity contribution in [2.75, 3.05) is 6.54 Å². The van der Waals surface area contributed by atoms with Crippen molar-refractivity contribution in [2.45, 2.75) is 63.3 Å². The number of carbonyl (C=O) groups excluding carboxylic acids is 1. The molecule has 3 nitrogen and oxygen atoms in total. The molecule has 1 spiro atoms. The summed E-state index contributed by atoms with van der Waals surface area (Å²) in [6, 6.07) is 11.5. The van der Waals surface area contributed by atoms with Gasteiger partial charge in [-0.05, 0) is 80.7 Å². The highest BCUT2D eigenvalue weighted by Crippen LogP contribution is 2.98. The highest BCUT2D eigenvalue weighted by atomic mass is 16.2. The number of amides is 1. The lowest BCUT2D eigenvalue weighted by atomic mass is 9.06. The fourth-order valence-electron chi connectivity index (χ4n) is 8.95. The Bertz CT molecular complexity index is 777. The Morgan fingerprint density at radius 1 is 1.11 bits per heavy atom. The molecule has 3 N–H and O–H groups in total. The van der Waals surface area contributed by atoms with Crippen molar-refractivity contribution in [3.63, 3.8) is 0 Å².